The quantitative estimate of drug-likeness (QED) is 0.146. The second-order valence-corrected chi connectivity index (χ2v) is 11.5. The molecular formula is C29H34N6O5S. The maximum Gasteiger partial charge on any atom is 0.327 e. The molecular weight excluding hydrogens is 544 g/mol. The number of aromatic nitrogens is 3. The first-order valence-electron chi connectivity index (χ1n) is 13.3. The number of benzene rings is 2. The highest BCUT2D eigenvalue weighted by Gasteiger charge is 2.31. The highest BCUT2D eigenvalue weighted by molar-refractivity contribution is 7.89. The lowest BCUT2D eigenvalue weighted by Gasteiger charge is -2.24. The minimum atomic E-state index is -4.18. The number of anilines is 1. The fourth-order valence-electron chi connectivity index (χ4n) is 4.72. The zero-order valence-electron chi connectivity index (χ0n) is 23.4. The molecule has 0 aliphatic carbocycles. The number of esters is 1. The lowest BCUT2D eigenvalue weighted by Crippen LogP contribution is -2.50. The fourth-order valence-corrected chi connectivity index (χ4v) is 6.35. The minimum Gasteiger partial charge on any atom is -0.440 e. The lowest BCUT2D eigenvalue weighted by atomic mass is 10.1. The number of para-hydroxylation sites is 1. The van der Waals surface area contributed by atoms with Crippen LogP contribution >= 0.6 is 0 Å². The van der Waals surface area contributed by atoms with Crippen molar-refractivity contribution in [3.05, 3.63) is 83.2 Å². The smallest absolute Gasteiger partial charge is 0.327 e. The molecule has 2 unspecified atom stereocenters. The molecule has 0 aliphatic rings. The van der Waals surface area contributed by atoms with Crippen molar-refractivity contribution in [3.8, 4) is 0 Å². The number of pyridine rings is 1. The van der Waals surface area contributed by atoms with Crippen molar-refractivity contribution in [1.29, 1.82) is 0 Å². The Hall–Kier alpha value is -4.29. The first-order chi connectivity index (χ1) is 19.6. The van der Waals surface area contributed by atoms with Gasteiger partial charge in [0.25, 0.3) is 5.91 Å². The van der Waals surface area contributed by atoms with Crippen LogP contribution in [0.25, 0.3) is 10.9 Å². The number of sulfonamides is 1. The molecule has 41 heavy (non-hydrogen) atoms. The van der Waals surface area contributed by atoms with Gasteiger partial charge in [-0.3, -0.25) is 14.7 Å². The number of fused-ring (bicyclic) bond motifs is 1. The Morgan fingerprint density at radius 2 is 1.80 bits per heavy atom. The number of amides is 1. The first-order valence-corrected chi connectivity index (χ1v) is 14.8. The standard InChI is InChI=1S/C29H34N6O5S/c1-5-9-25(33-24-12-6-7-13-30-24)40-29(37)23(35-41(38,39)27-19(3)14-18(2)15-20(27)4)17-31-28(36)22-11-8-10-21-16-32-34-26(21)22/h6-8,10-16,23,25,35H,5,9,17H2,1-4H3,(H,30,33)(H,31,36)(H,32,34). The largest absolute Gasteiger partial charge is 0.440 e. The average molecular weight is 579 g/mol. The molecule has 1 amide bonds. The summed E-state index contributed by atoms with van der Waals surface area (Å²) < 4.78 is 35.4. The monoisotopic (exact) mass is 578 g/mol. The summed E-state index contributed by atoms with van der Waals surface area (Å²) >= 11 is 0. The van der Waals surface area contributed by atoms with Gasteiger partial charge in [-0.15, -0.1) is 0 Å². The van der Waals surface area contributed by atoms with E-state index in [2.05, 4.69) is 30.5 Å². The van der Waals surface area contributed by atoms with E-state index >= 15 is 0 Å². The summed E-state index contributed by atoms with van der Waals surface area (Å²) in [7, 11) is -4.18. The summed E-state index contributed by atoms with van der Waals surface area (Å²) in [6.07, 6.45) is 3.56. The number of aromatic amines is 1. The molecule has 2 aromatic carbocycles. The SMILES string of the molecule is CCCC(Nc1ccccn1)OC(=O)C(CNC(=O)c1cccc2cn[nH]c12)NS(=O)(=O)c1c(C)cc(C)cc1C. The van der Waals surface area contributed by atoms with Gasteiger partial charge >= 0.3 is 5.97 Å². The Morgan fingerprint density at radius 3 is 2.49 bits per heavy atom. The van der Waals surface area contributed by atoms with Crippen molar-refractivity contribution in [2.24, 2.45) is 0 Å². The van der Waals surface area contributed by atoms with Gasteiger partial charge in [-0.2, -0.15) is 9.82 Å². The zero-order valence-corrected chi connectivity index (χ0v) is 24.2. The van der Waals surface area contributed by atoms with E-state index in [9.17, 15) is 18.0 Å². The predicted octanol–water partition coefficient (Wildman–Crippen LogP) is 3.74. The van der Waals surface area contributed by atoms with Crippen molar-refractivity contribution in [2.75, 3.05) is 11.9 Å². The molecule has 2 heterocycles. The number of carbonyl (C=O) groups is 2. The molecule has 11 nitrogen and oxygen atoms in total. The van der Waals surface area contributed by atoms with Crippen molar-refractivity contribution in [3.63, 3.8) is 0 Å². The molecule has 0 fully saturated rings. The molecule has 2 aromatic heterocycles. The van der Waals surface area contributed by atoms with Crippen LogP contribution < -0.4 is 15.4 Å². The Morgan fingerprint density at radius 1 is 1.05 bits per heavy atom. The second kappa shape index (κ2) is 12.9. The molecule has 0 spiro atoms. The number of carbonyl (C=O) groups excluding carboxylic acids is 2. The van der Waals surface area contributed by atoms with E-state index in [1.807, 2.05) is 13.8 Å². The van der Waals surface area contributed by atoms with Crippen LogP contribution in [0, 0.1) is 20.8 Å². The van der Waals surface area contributed by atoms with E-state index in [4.69, 9.17) is 4.74 Å². The van der Waals surface area contributed by atoms with Gasteiger partial charge in [0.1, 0.15) is 11.9 Å². The van der Waals surface area contributed by atoms with Crippen LogP contribution in [0.5, 0.6) is 0 Å². The Bertz CT molecular complexity index is 1610. The third-order valence-electron chi connectivity index (χ3n) is 6.43. The lowest BCUT2D eigenvalue weighted by molar-refractivity contribution is -0.149. The Kier molecular flexibility index (Phi) is 9.35. The van der Waals surface area contributed by atoms with E-state index in [1.165, 1.54) is 0 Å². The zero-order chi connectivity index (χ0) is 29.6. The maximum absolute atomic E-state index is 13.6. The van der Waals surface area contributed by atoms with Crippen molar-refractivity contribution in [1.82, 2.24) is 25.2 Å². The third-order valence-corrected chi connectivity index (χ3v) is 8.20. The van der Waals surface area contributed by atoms with E-state index in [-0.39, 0.29) is 11.4 Å². The second-order valence-electron chi connectivity index (χ2n) is 9.83. The number of nitrogens with one attached hydrogen (secondary N) is 4. The number of nitrogens with zero attached hydrogens (tertiary/aromatic N) is 2. The fraction of sp³-hybridized carbons (Fsp3) is 0.310. The van der Waals surface area contributed by atoms with Crippen molar-refractivity contribution in [2.45, 2.75) is 57.7 Å². The molecule has 216 valence electrons. The number of rotatable bonds is 12. The van der Waals surface area contributed by atoms with Gasteiger partial charge in [0.15, 0.2) is 6.23 Å². The van der Waals surface area contributed by atoms with Gasteiger partial charge in [-0.05, 0) is 50.1 Å². The minimum absolute atomic E-state index is 0.0752. The number of H-pyrrole nitrogens is 1. The summed E-state index contributed by atoms with van der Waals surface area (Å²) in [5.74, 6) is -0.850. The molecule has 0 saturated heterocycles. The summed E-state index contributed by atoms with van der Waals surface area (Å²) in [5.41, 5.74) is 2.83. The van der Waals surface area contributed by atoms with Gasteiger partial charge in [0.2, 0.25) is 10.0 Å². The third kappa shape index (κ3) is 7.27. The van der Waals surface area contributed by atoms with Crippen LogP contribution in [0.3, 0.4) is 0 Å². The van der Waals surface area contributed by atoms with Crippen LogP contribution in [-0.2, 0) is 19.6 Å². The van der Waals surface area contributed by atoms with Crippen molar-refractivity contribution < 1.29 is 22.7 Å². The molecule has 0 saturated carbocycles. The molecule has 0 aliphatic heterocycles. The normalized spacial score (nSPS) is 13.0. The number of hydrogen-bond acceptors (Lipinski definition) is 8. The average Bonchev–Trinajstić information content (AvgIpc) is 3.40. The molecule has 4 aromatic rings. The van der Waals surface area contributed by atoms with Crippen LogP contribution in [0.2, 0.25) is 0 Å². The molecule has 2 atom stereocenters. The van der Waals surface area contributed by atoms with Gasteiger partial charge in [-0.25, -0.2) is 13.4 Å². The van der Waals surface area contributed by atoms with E-state index in [1.54, 1.807) is 74.8 Å². The summed E-state index contributed by atoms with van der Waals surface area (Å²) in [6.45, 7) is 6.85. The van der Waals surface area contributed by atoms with Crippen LogP contribution in [-0.4, -0.2) is 54.3 Å². The molecule has 4 rings (SSSR count). The molecule has 0 bridgehead atoms. The summed E-state index contributed by atoms with van der Waals surface area (Å²) in [6, 6.07) is 12.5. The number of ether oxygens (including phenoxy) is 1. The Labute approximate surface area is 239 Å². The highest BCUT2D eigenvalue weighted by Crippen LogP contribution is 2.22. The summed E-state index contributed by atoms with van der Waals surface area (Å²) in [4.78, 5) is 30.9. The van der Waals surface area contributed by atoms with Crippen LogP contribution in [0.4, 0.5) is 5.82 Å². The van der Waals surface area contributed by atoms with E-state index in [0.717, 1.165) is 10.9 Å². The van der Waals surface area contributed by atoms with Gasteiger partial charge in [0, 0.05) is 24.5 Å². The van der Waals surface area contributed by atoms with E-state index < -0.39 is 34.2 Å². The number of hydrogen-bond donors (Lipinski definition) is 4. The molecule has 4 N–H and O–H groups in total. The van der Waals surface area contributed by atoms with Gasteiger partial charge in [0.05, 0.1) is 22.2 Å². The van der Waals surface area contributed by atoms with Gasteiger partial charge in [-0.1, -0.05) is 49.2 Å². The predicted molar refractivity (Wildman–Crippen MR) is 156 cm³/mol. The highest BCUT2D eigenvalue weighted by atomic mass is 32.2. The summed E-state index contributed by atoms with van der Waals surface area (Å²) in [5, 5.41) is 13.2. The Balaban J connectivity index is 1.59. The molecule has 0 radical (unpaired) electrons. The van der Waals surface area contributed by atoms with Crippen molar-refractivity contribution >= 4 is 38.6 Å². The van der Waals surface area contributed by atoms with E-state index in [0.29, 0.717) is 40.9 Å². The maximum atomic E-state index is 13.6. The first kappa shape index (κ1) is 29.7. The topological polar surface area (TPSA) is 155 Å². The van der Waals surface area contributed by atoms with Crippen LogP contribution in [0.1, 0.15) is 46.8 Å². The number of aryl methyl sites for hydroxylation is 3. The molecule has 12 heteroatoms. The van der Waals surface area contributed by atoms with Crippen LogP contribution in [0.15, 0.2) is 65.8 Å². The van der Waals surface area contributed by atoms with Gasteiger partial charge < -0.3 is 15.4 Å².